The summed E-state index contributed by atoms with van der Waals surface area (Å²) in [5, 5.41) is 21.7. The van der Waals surface area contributed by atoms with Gasteiger partial charge >= 0.3 is 0 Å². The maximum atomic E-state index is 11.0. The lowest BCUT2D eigenvalue weighted by Crippen LogP contribution is -2.27. The van der Waals surface area contributed by atoms with Crippen LogP contribution < -0.4 is 0 Å². The Kier molecular flexibility index (Phi) is 11.0. The number of benzene rings is 2. The van der Waals surface area contributed by atoms with Gasteiger partial charge in [0, 0.05) is 23.6 Å². The van der Waals surface area contributed by atoms with Crippen molar-refractivity contribution in [2.45, 2.75) is 143 Å². The summed E-state index contributed by atoms with van der Waals surface area (Å²) >= 11 is 0. The average molecular weight is 547 g/mol. The number of rotatable bonds is 11. The summed E-state index contributed by atoms with van der Waals surface area (Å²) in [5.41, 5.74) is 5.99. The van der Waals surface area contributed by atoms with Crippen LogP contribution in [-0.4, -0.2) is 34.7 Å². The fourth-order valence-corrected chi connectivity index (χ4v) is 5.93. The third-order valence-corrected chi connectivity index (χ3v) is 8.89. The fraction of sp³-hybridized carbons (Fsp3) is 0.611. The molecule has 1 saturated carbocycles. The number of aromatic hydroxyl groups is 2. The Bertz CT molecular complexity index is 1180. The van der Waals surface area contributed by atoms with Crippen LogP contribution in [-0.2, 0) is 10.8 Å². The van der Waals surface area contributed by atoms with Gasteiger partial charge in [-0.1, -0.05) is 92.2 Å². The number of unbranched alkanes of at least 4 members (excludes halogenated alkanes) is 2. The molecule has 4 nitrogen and oxygen atoms in total. The second-order valence-corrected chi connectivity index (χ2v) is 13.5. The minimum absolute atomic E-state index is 0.00343. The monoisotopic (exact) mass is 546 g/mol. The van der Waals surface area contributed by atoms with E-state index in [2.05, 4.69) is 65.8 Å². The first-order valence-corrected chi connectivity index (χ1v) is 15.6. The van der Waals surface area contributed by atoms with E-state index >= 15 is 0 Å². The predicted octanol–water partition coefficient (Wildman–Crippen LogP) is 9.50. The van der Waals surface area contributed by atoms with Crippen LogP contribution in [0.25, 0.3) is 0 Å². The number of phenolic OH excluding ortho intramolecular Hbond substituents is 2. The van der Waals surface area contributed by atoms with Crippen LogP contribution in [0.3, 0.4) is 0 Å². The molecule has 0 saturated heterocycles. The Morgan fingerprint density at radius 2 is 1.15 bits per heavy atom. The van der Waals surface area contributed by atoms with Crippen LogP contribution in [0.4, 0.5) is 0 Å². The zero-order valence-corrected chi connectivity index (χ0v) is 26.5. The van der Waals surface area contributed by atoms with Gasteiger partial charge in [-0.05, 0) is 84.7 Å². The lowest BCUT2D eigenvalue weighted by atomic mass is 9.73. The largest absolute Gasteiger partial charge is 0.507 e. The Hall–Kier alpha value is -2.62. The number of hydrogen-bond donors (Lipinski definition) is 2. The summed E-state index contributed by atoms with van der Waals surface area (Å²) in [5.74, 6) is 0.634. The number of aliphatic imine (C=N–C) groups is 2. The maximum absolute atomic E-state index is 11.0. The fourth-order valence-electron chi connectivity index (χ4n) is 5.93. The topological polar surface area (TPSA) is 65.2 Å². The zero-order valence-electron chi connectivity index (χ0n) is 26.5. The number of nitrogens with zero attached hydrogens (tertiary/aromatic N) is 2. The molecule has 2 aromatic carbocycles. The lowest BCUT2D eigenvalue weighted by molar-refractivity contribution is 0.373. The maximum Gasteiger partial charge on any atom is 0.127 e. The first-order valence-electron chi connectivity index (χ1n) is 15.6. The highest BCUT2D eigenvalue weighted by atomic mass is 16.3. The molecule has 2 N–H and O–H groups in total. The van der Waals surface area contributed by atoms with Gasteiger partial charge in [0.1, 0.15) is 11.5 Å². The standard InChI is InChI=1S/C36H54N2O2/c1-9-11-17-36(8,18-12-10-2)30-20-26(4)34(40)28(22-30)24-38-32-16-14-13-15-31(32)37-23-27-21-29(35(5,6)7)19-25(3)33(27)39/h19-24,31-32,39-40H,9-18H2,1-8H3. The molecule has 1 aliphatic rings. The quantitative estimate of drug-likeness (QED) is 0.276. The molecule has 40 heavy (non-hydrogen) atoms. The number of aryl methyl sites for hydroxylation is 2. The summed E-state index contributed by atoms with van der Waals surface area (Å²) in [6, 6.07) is 8.62. The van der Waals surface area contributed by atoms with Crippen molar-refractivity contribution in [1.29, 1.82) is 0 Å². The van der Waals surface area contributed by atoms with Crippen molar-refractivity contribution in [2.75, 3.05) is 0 Å². The van der Waals surface area contributed by atoms with Crippen LogP contribution in [0, 0.1) is 13.8 Å². The van der Waals surface area contributed by atoms with Crippen molar-refractivity contribution in [3.05, 3.63) is 57.6 Å². The molecular weight excluding hydrogens is 492 g/mol. The van der Waals surface area contributed by atoms with E-state index in [0.717, 1.165) is 60.8 Å². The van der Waals surface area contributed by atoms with E-state index < -0.39 is 0 Å². The minimum Gasteiger partial charge on any atom is -0.507 e. The normalized spacial score (nSPS) is 18.7. The highest BCUT2D eigenvalue weighted by molar-refractivity contribution is 5.86. The third-order valence-electron chi connectivity index (χ3n) is 8.89. The van der Waals surface area contributed by atoms with E-state index in [1.54, 1.807) is 0 Å². The van der Waals surface area contributed by atoms with Crippen molar-refractivity contribution < 1.29 is 10.2 Å². The summed E-state index contributed by atoms with van der Waals surface area (Å²) in [6.07, 6.45) is 15.1. The molecule has 2 unspecified atom stereocenters. The molecule has 2 atom stereocenters. The molecular formula is C36H54N2O2. The van der Waals surface area contributed by atoms with Crippen molar-refractivity contribution in [2.24, 2.45) is 9.98 Å². The Balaban J connectivity index is 1.90. The molecule has 1 fully saturated rings. The molecule has 2 aromatic rings. The van der Waals surface area contributed by atoms with Crippen molar-refractivity contribution in [3.8, 4) is 11.5 Å². The predicted molar refractivity (Wildman–Crippen MR) is 172 cm³/mol. The van der Waals surface area contributed by atoms with Gasteiger partial charge < -0.3 is 10.2 Å². The van der Waals surface area contributed by atoms with Crippen LogP contribution in [0.2, 0.25) is 0 Å². The Morgan fingerprint density at radius 3 is 1.57 bits per heavy atom. The number of phenols is 2. The van der Waals surface area contributed by atoms with Gasteiger partial charge in [0.25, 0.3) is 0 Å². The summed E-state index contributed by atoms with van der Waals surface area (Å²) in [6.45, 7) is 17.4. The molecule has 0 aliphatic heterocycles. The summed E-state index contributed by atoms with van der Waals surface area (Å²) in [4.78, 5) is 10.0. The Morgan fingerprint density at radius 1 is 0.725 bits per heavy atom. The highest BCUT2D eigenvalue weighted by Crippen LogP contribution is 2.38. The molecule has 1 aliphatic carbocycles. The first-order chi connectivity index (χ1) is 18.9. The number of hydrogen-bond acceptors (Lipinski definition) is 4. The highest BCUT2D eigenvalue weighted by Gasteiger charge is 2.28. The van der Waals surface area contributed by atoms with Gasteiger partial charge in [-0.15, -0.1) is 0 Å². The van der Waals surface area contributed by atoms with E-state index in [1.807, 2.05) is 26.3 Å². The SMILES string of the molecule is CCCCC(C)(CCCC)c1cc(C)c(O)c(C=NC2CCCCC2N=Cc2cc(C(C)(C)C)cc(C)c2O)c1. The Labute approximate surface area is 244 Å². The van der Waals surface area contributed by atoms with E-state index in [1.165, 1.54) is 36.8 Å². The molecule has 0 aromatic heterocycles. The average Bonchev–Trinajstić information content (AvgIpc) is 2.92. The lowest BCUT2D eigenvalue weighted by Gasteiger charge is -2.31. The van der Waals surface area contributed by atoms with E-state index in [4.69, 9.17) is 9.98 Å². The molecule has 0 radical (unpaired) electrons. The zero-order chi connectivity index (χ0) is 29.5. The van der Waals surface area contributed by atoms with Crippen LogP contribution in [0.5, 0.6) is 11.5 Å². The van der Waals surface area contributed by atoms with Crippen LogP contribution in [0.1, 0.15) is 139 Å². The van der Waals surface area contributed by atoms with Crippen molar-refractivity contribution >= 4 is 12.4 Å². The molecule has 3 rings (SSSR count). The summed E-state index contributed by atoms with van der Waals surface area (Å²) < 4.78 is 0. The van der Waals surface area contributed by atoms with E-state index in [-0.39, 0.29) is 22.9 Å². The first kappa shape index (κ1) is 31.9. The molecule has 0 amide bonds. The van der Waals surface area contributed by atoms with Crippen molar-refractivity contribution in [1.82, 2.24) is 0 Å². The smallest absolute Gasteiger partial charge is 0.127 e. The van der Waals surface area contributed by atoms with Gasteiger partial charge in [0.15, 0.2) is 0 Å². The van der Waals surface area contributed by atoms with Crippen LogP contribution >= 0.6 is 0 Å². The van der Waals surface area contributed by atoms with E-state index in [0.29, 0.717) is 11.5 Å². The molecule has 0 bridgehead atoms. The van der Waals surface area contributed by atoms with Gasteiger partial charge in [-0.2, -0.15) is 0 Å². The van der Waals surface area contributed by atoms with Gasteiger partial charge in [0.05, 0.1) is 12.1 Å². The molecule has 0 heterocycles. The second-order valence-electron chi connectivity index (χ2n) is 13.5. The second kappa shape index (κ2) is 13.8. The molecule has 4 heteroatoms. The molecule has 0 spiro atoms. The van der Waals surface area contributed by atoms with E-state index in [9.17, 15) is 10.2 Å². The minimum atomic E-state index is -0.00343. The molecule has 220 valence electrons. The third kappa shape index (κ3) is 7.98. The van der Waals surface area contributed by atoms with Gasteiger partial charge in [-0.3, -0.25) is 9.98 Å². The van der Waals surface area contributed by atoms with Gasteiger partial charge in [0.2, 0.25) is 0 Å². The summed E-state index contributed by atoms with van der Waals surface area (Å²) in [7, 11) is 0. The van der Waals surface area contributed by atoms with Gasteiger partial charge in [-0.25, -0.2) is 0 Å². The van der Waals surface area contributed by atoms with Crippen molar-refractivity contribution in [3.63, 3.8) is 0 Å². The van der Waals surface area contributed by atoms with Crippen LogP contribution in [0.15, 0.2) is 34.3 Å².